The molecule has 3 fully saturated rings. The SMILES string of the molecule is COC(=O)N[C@H](C(=O)C[C@@H](Cc1ccc(C#Cc2cnc(N3CC4CCC(C3)N4C3COC3)nc2)cc1)[C@H](CN(Cc1c(F)cc(-c2ccn(C(F)F)n2)cc1F)NC(=O)[C@@H](NC(=O)OC)C(C)(C)C(F)(F)F)OC(=O)CC(C)(C)c1c(CC(=O)NCc2ccc(C(F)F)cc2)cc(C)cc1OP(=O)(O)O)C(C)(C)C(F)(F)F. The summed E-state index contributed by atoms with van der Waals surface area (Å²) in [5, 5.41) is 10.4. The summed E-state index contributed by atoms with van der Waals surface area (Å²) in [6, 6.07) is 11.0. The molecule has 3 aliphatic heterocycles. The number of nitrogens with one attached hydrogen (secondary N) is 4. The summed E-state index contributed by atoms with van der Waals surface area (Å²) < 4.78 is 219. The lowest BCUT2D eigenvalue weighted by molar-refractivity contribution is -0.221. The van der Waals surface area contributed by atoms with Gasteiger partial charge in [0.2, 0.25) is 11.9 Å². The summed E-state index contributed by atoms with van der Waals surface area (Å²) in [4.78, 5) is 120. The quantitative estimate of drug-likeness (QED) is 0.00588. The molecule has 0 radical (unpaired) electrons. The Kier molecular flexibility index (Phi) is 27.5. The number of alkyl carbamates (subject to hydrolysis) is 2. The number of carbonyl (C=O) groups excluding carboxylic acids is 6. The third-order valence-corrected chi connectivity index (χ3v) is 20.5. The van der Waals surface area contributed by atoms with Gasteiger partial charge in [0.15, 0.2) is 5.78 Å². The number of phosphoric ester groups is 1. The monoisotopic (exact) mass is 1620 g/mol. The van der Waals surface area contributed by atoms with Crippen molar-refractivity contribution < 1.29 is 119 Å². The van der Waals surface area contributed by atoms with E-state index in [9.17, 15) is 51.1 Å². The Hall–Kier alpha value is -9.86. The molecule has 25 nitrogen and oxygen atoms in total. The average Bonchev–Trinajstić information content (AvgIpc) is 1.72. The van der Waals surface area contributed by atoms with Gasteiger partial charge in [0.1, 0.15) is 35.6 Å². The molecule has 4 amide bonds. The number of amides is 4. The number of esters is 1. The van der Waals surface area contributed by atoms with Crippen LogP contribution in [0.3, 0.4) is 0 Å². The van der Waals surface area contributed by atoms with Gasteiger partial charge in [-0.1, -0.05) is 68.2 Å². The number of piperazine rings is 1. The van der Waals surface area contributed by atoms with E-state index in [0.29, 0.717) is 112 Å². The van der Waals surface area contributed by atoms with Gasteiger partial charge in [0, 0.05) is 102 Å². The summed E-state index contributed by atoms with van der Waals surface area (Å²) in [5.41, 5.74) is -7.42. The lowest BCUT2D eigenvalue weighted by atomic mass is 9.77. The maximum atomic E-state index is 16.9. The van der Waals surface area contributed by atoms with E-state index in [1.165, 1.54) is 75.6 Å². The fourth-order valence-corrected chi connectivity index (χ4v) is 14.2. The molecule has 2 bridgehead atoms. The van der Waals surface area contributed by atoms with Crippen LogP contribution in [0.4, 0.5) is 68.2 Å². The number of rotatable bonds is 31. The third kappa shape index (κ3) is 21.9. The van der Waals surface area contributed by atoms with Crippen molar-refractivity contribution in [3.05, 3.63) is 159 Å². The summed E-state index contributed by atoms with van der Waals surface area (Å²) >= 11 is 0. The lowest BCUT2D eigenvalue weighted by Gasteiger charge is -2.47. The molecule has 5 heterocycles. The van der Waals surface area contributed by atoms with Crippen LogP contribution < -0.4 is 30.8 Å². The summed E-state index contributed by atoms with van der Waals surface area (Å²) in [5.74, 6) is -4.60. The summed E-state index contributed by atoms with van der Waals surface area (Å²) in [6.45, 7) is 2.79. The molecule has 2 unspecified atom stereocenters. The number of ketones is 1. The van der Waals surface area contributed by atoms with Crippen LogP contribution in [0.5, 0.6) is 5.75 Å². The number of hydrazine groups is 1. The summed E-state index contributed by atoms with van der Waals surface area (Å²) in [6.07, 6.45) is -16.6. The molecule has 9 rings (SSSR count). The van der Waals surface area contributed by atoms with Crippen molar-refractivity contribution in [3.63, 3.8) is 0 Å². The average molecular weight is 1620 g/mol. The first-order valence-corrected chi connectivity index (χ1v) is 36.9. The Morgan fingerprint density at radius 2 is 1.31 bits per heavy atom. The molecule has 38 heteroatoms. The summed E-state index contributed by atoms with van der Waals surface area (Å²) in [7, 11) is -4.07. The van der Waals surface area contributed by atoms with E-state index in [1.807, 2.05) is 5.32 Å². The third-order valence-electron chi connectivity index (χ3n) is 20.1. The molecule has 3 saturated heterocycles. The standard InChI is InChI=1S/C75H84F12N11O14P/c1-41-24-49(30-60(100)88-32-44-16-18-46(19-17-44)65(78)79)62(58(25-41)112-113(105,106)107)71(2,3)31-61(101)111-59(38-96(94-66(102)64(92-70(104)109-9)73(6,7)75(85,86)87)37-53-54(76)27-47(28-55(53)77)56-22-23-97(93-56)67(80)81)48(29-57(99)63(91-69(103)108-8)72(4,5)74(82,83)84)26-43-13-10-42(11-14-43)12-15-45-33-89-68(90-34-45)95-35-50-20-21-51(36-95)98(50)52-39-110-40-52/h10-11,13-14,16-19,22-25,27-28,33-34,48,50-52,59,63-65,67H,20-21,26,29-32,35-40H2,1-9H3,(H,88,100)(H,91,103)(H,92,104)(H,94,102)(H2,105,106,107)/t48-,50?,51?,59+,63-,64-/m1/s1. The van der Waals surface area contributed by atoms with Crippen molar-refractivity contribution >= 4 is 49.5 Å². The predicted octanol–water partition coefficient (Wildman–Crippen LogP) is 11.6. The number of phosphoric acid groups is 1. The number of methoxy groups -OCH3 is 2. The molecule has 6 aromatic rings. The molecule has 0 aliphatic carbocycles. The van der Waals surface area contributed by atoms with Gasteiger partial charge in [-0.05, 0) is 113 Å². The normalized spacial score (nSPS) is 16.8. The van der Waals surface area contributed by atoms with Crippen LogP contribution in [0.1, 0.15) is 130 Å². The first-order chi connectivity index (χ1) is 52.8. The van der Waals surface area contributed by atoms with Gasteiger partial charge in [0.25, 0.3) is 12.3 Å². The van der Waals surface area contributed by atoms with E-state index < -0.39 is 182 Å². The number of aromatic nitrogens is 4. The van der Waals surface area contributed by atoms with Crippen LogP contribution in [0.25, 0.3) is 11.3 Å². The highest BCUT2D eigenvalue weighted by Gasteiger charge is 2.58. The molecule has 0 spiro atoms. The molecule has 6 atom stereocenters. The zero-order chi connectivity index (χ0) is 83.0. The topological polar surface area (TPSA) is 308 Å². The van der Waals surface area contributed by atoms with Crippen molar-refractivity contribution in [2.24, 2.45) is 16.7 Å². The maximum Gasteiger partial charge on any atom is 0.524 e. The van der Waals surface area contributed by atoms with Gasteiger partial charge in [-0.2, -0.15) is 40.2 Å². The molecule has 0 saturated carbocycles. The van der Waals surface area contributed by atoms with Gasteiger partial charge in [-0.3, -0.25) is 39.3 Å². The van der Waals surface area contributed by atoms with Gasteiger partial charge >= 0.3 is 44.9 Å². The van der Waals surface area contributed by atoms with E-state index in [1.54, 1.807) is 5.32 Å². The molecule has 2 aromatic heterocycles. The second-order valence-corrected chi connectivity index (χ2v) is 30.7. The van der Waals surface area contributed by atoms with E-state index in [0.717, 1.165) is 57.5 Å². The van der Waals surface area contributed by atoms with Crippen molar-refractivity contribution in [2.45, 2.75) is 167 Å². The number of Topliss-reactive ketones (excluding diaryl/α,β-unsaturated/α-hetero) is 1. The molecular weight excluding hydrogens is 1540 g/mol. The van der Waals surface area contributed by atoms with E-state index in [2.05, 4.69) is 56.9 Å². The van der Waals surface area contributed by atoms with Gasteiger partial charge in [0.05, 0.1) is 74.9 Å². The maximum absolute atomic E-state index is 16.9. The lowest BCUT2D eigenvalue weighted by Crippen LogP contribution is -2.62. The predicted molar refractivity (Wildman–Crippen MR) is 381 cm³/mol. The zero-order valence-electron chi connectivity index (χ0n) is 62.5. The first kappa shape index (κ1) is 87.1. The van der Waals surface area contributed by atoms with Gasteiger partial charge in [-0.25, -0.2) is 51.4 Å². The Bertz CT molecular complexity index is 4500. The largest absolute Gasteiger partial charge is 0.524 e. The molecule has 4 aromatic carbocycles. The van der Waals surface area contributed by atoms with Crippen LogP contribution in [0.15, 0.2) is 97.5 Å². The number of ether oxygens (including phenoxy) is 4. The molecule has 6 N–H and O–H groups in total. The highest BCUT2D eigenvalue weighted by molar-refractivity contribution is 7.46. The molecular formula is C75H84F12N11O14P. The Balaban J connectivity index is 1.16. The van der Waals surface area contributed by atoms with Crippen molar-refractivity contribution in [1.29, 1.82) is 0 Å². The second-order valence-electron chi connectivity index (χ2n) is 29.6. The van der Waals surface area contributed by atoms with E-state index in [4.69, 9.17) is 14.0 Å². The van der Waals surface area contributed by atoms with Crippen LogP contribution >= 0.6 is 7.82 Å². The molecule has 3 aliphatic rings. The number of aryl methyl sites for hydroxylation is 1. The van der Waals surface area contributed by atoms with Gasteiger partial charge < -0.3 is 44.3 Å². The second kappa shape index (κ2) is 35.7. The van der Waals surface area contributed by atoms with Crippen LogP contribution in [0, 0.1) is 47.1 Å². The van der Waals surface area contributed by atoms with Crippen molar-refractivity contribution in [1.82, 2.24) is 51.0 Å². The minimum Gasteiger partial charge on any atom is -0.461 e. The smallest absolute Gasteiger partial charge is 0.461 e. The number of fused-ring (bicyclic) bond motifs is 2. The fraction of sp³-hybridized carbons (Fsp3) is 0.480. The highest BCUT2D eigenvalue weighted by Crippen LogP contribution is 2.47. The molecule has 612 valence electrons. The van der Waals surface area contributed by atoms with Gasteiger partial charge in [-0.15, -0.1) is 0 Å². The Morgan fingerprint density at radius 1 is 0.743 bits per heavy atom. The fourth-order valence-electron chi connectivity index (χ4n) is 13.8. The van der Waals surface area contributed by atoms with E-state index in [-0.39, 0.29) is 39.0 Å². The minimum atomic E-state index is -5.58. The minimum absolute atomic E-state index is 0.0533. The van der Waals surface area contributed by atoms with Crippen LogP contribution in [0.2, 0.25) is 0 Å². The Morgan fingerprint density at radius 3 is 1.84 bits per heavy atom. The number of nitrogens with zero attached hydrogens (tertiary/aromatic N) is 7. The number of carbonyl (C=O) groups is 6. The zero-order valence-corrected chi connectivity index (χ0v) is 63.4. The van der Waals surface area contributed by atoms with Crippen molar-refractivity contribution in [2.75, 3.05) is 52.0 Å². The highest BCUT2D eigenvalue weighted by atomic mass is 31.2. The number of hydrogen-bond acceptors (Lipinski definition) is 18. The number of alkyl halides is 10. The number of hydrogen-bond donors (Lipinski definition) is 6. The van der Waals surface area contributed by atoms with E-state index >= 15 is 44.7 Å². The van der Waals surface area contributed by atoms with Crippen molar-refractivity contribution in [3.8, 4) is 28.8 Å². The first-order valence-electron chi connectivity index (χ1n) is 35.3. The van der Waals surface area contributed by atoms with Crippen LogP contribution in [-0.2, 0) is 74.0 Å². The molecule has 113 heavy (non-hydrogen) atoms. The number of anilines is 1. The Labute approximate surface area is 641 Å². The number of halogens is 12. The van der Waals surface area contributed by atoms with Crippen LogP contribution in [-0.4, -0.2) is 171 Å². The number of benzene rings is 4.